The van der Waals surface area contributed by atoms with Gasteiger partial charge in [0.15, 0.2) is 12.4 Å². The van der Waals surface area contributed by atoms with Gasteiger partial charge in [-0.05, 0) is 43.3 Å². The molecule has 0 bridgehead atoms. The lowest BCUT2D eigenvalue weighted by atomic mass is 10.1. The van der Waals surface area contributed by atoms with Crippen LogP contribution in [0.2, 0.25) is 0 Å². The molecule has 0 atom stereocenters. The normalized spacial score (nSPS) is 9.92. The average Bonchev–Trinajstić information content (AvgIpc) is 2.65. The molecule has 0 aliphatic heterocycles. The molecule has 0 spiro atoms. The van der Waals surface area contributed by atoms with Crippen molar-refractivity contribution in [3.8, 4) is 0 Å². The quantitative estimate of drug-likeness (QED) is 0.631. The molecule has 0 aliphatic rings. The smallest absolute Gasteiger partial charge is 0.338 e. The van der Waals surface area contributed by atoms with E-state index < -0.39 is 24.5 Å². The van der Waals surface area contributed by atoms with Gasteiger partial charge >= 0.3 is 11.9 Å². The molecular formula is C19H17NO6. The first-order valence-corrected chi connectivity index (χ1v) is 7.67. The van der Waals surface area contributed by atoms with Crippen molar-refractivity contribution in [2.24, 2.45) is 0 Å². The fraction of sp³-hybridized carbons (Fsp3) is 0.158. The van der Waals surface area contributed by atoms with Gasteiger partial charge in [0.25, 0.3) is 5.91 Å². The van der Waals surface area contributed by atoms with Crippen LogP contribution in [0.5, 0.6) is 0 Å². The fourth-order valence-corrected chi connectivity index (χ4v) is 2.09. The molecule has 0 saturated heterocycles. The first-order chi connectivity index (χ1) is 12.4. The van der Waals surface area contributed by atoms with Gasteiger partial charge in [-0.15, -0.1) is 0 Å². The summed E-state index contributed by atoms with van der Waals surface area (Å²) in [5, 5.41) is 2.55. The zero-order chi connectivity index (χ0) is 19.1. The Morgan fingerprint density at radius 2 is 1.50 bits per heavy atom. The molecule has 1 amide bonds. The Hall–Kier alpha value is -3.48. The minimum Gasteiger partial charge on any atom is -0.465 e. The number of carbonyl (C=O) groups excluding carboxylic acids is 4. The highest BCUT2D eigenvalue weighted by Gasteiger charge is 2.12. The largest absolute Gasteiger partial charge is 0.465 e. The van der Waals surface area contributed by atoms with Crippen molar-refractivity contribution in [3.05, 3.63) is 65.2 Å². The predicted octanol–water partition coefficient (Wildman–Crippen LogP) is 2.47. The molecule has 0 fully saturated rings. The first kappa shape index (κ1) is 18.9. The van der Waals surface area contributed by atoms with Gasteiger partial charge in [-0.3, -0.25) is 9.59 Å². The van der Waals surface area contributed by atoms with Crippen molar-refractivity contribution in [1.29, 1.82) is 0 Å². The fourth-order valence-electron chi connectivity index (χ4n) is 2.09. The van der Waals surface area contributed by atoms with Crippen molar-refractivity contribution >= 4 is 29.3 Å². The number of rotatable bonds is 6. The number of Topliss-reactive ketones (excluding diaryl/α,β-unsaturated/α-hetero) is 1. The molecule has 1 N–H and O–H groups in total. The molecule has 0 unspecified atom stereocenters. The van der Waals surface area contributed by atoms with Crippen molar-refractivity contribution in [2.45, 2.75) is 6.92 Å². The van der Waals surface area contributed by atoms with Gasteiger partial charge in [-0.25, -0.2) is 9.59 Å². The molecule has 7 heteroatoms. The summed E-state index contributed by atoms with van der Waals surface area (Å²) in [5.41, 5.74) is 1.39. The van der Waals surface area contributed by atoms with Crippen molar-refractivity contribution in [3.63, 3.8) is 0 Å². The maximum absolute atomic E-state index is 11.9. The van der Waals surface area contributed by atoms with E-state index in [-0.39, 0.29) is 11.3 Å². The number of carbonyl (C=O) groups is 4. The highest BCUT2D eigenvalue weighted by atomic mass is 16.5. The summed E-state index contributed by atoms with van der Waals surface area (Å²) in [6.07, 6.45) is 0. The highest BCUT2D eigenvalue weighted by molar-refractivity contribution is 5.98. The third-order valence-electron chi connectivity index (χ3n) is 3.43. The van der Waals surface area contributed by atoms with Crippen LogP contribution in [0.15, 0.2) is 48.5 Å². The molecule has 26 heavy (non-hydrogen) atoms. The zero-order valence-corrected chi connectivity index (χ0v) is 14.3. The van der Waals surface area contributed by atoms with Crippen LogP contribution < -0.4 is 5.32 Å². The van der Waals surface area contributed by atoms with Crippen molar-refractivity contribution in [1.82, 2.24) is 0 Å². The second-order valence-corrected chi connectivity index (χ2v) is 5.33. The summed E-state index contributed by atoms with van der Waals surface area (Å²) in [6, 6.07) is 12.1. The van der Waals surface area contributed by atoms with Crippen molar-refractivity contribution < 1.29 is 28.7 Å². The molecule has 0 aromatic heterocycles. The van der Waals surface area contributed by atoms with Crippen LogP contribution in [0.4, 0.5) is 5.69 Å². The lowest BCUT2D eigenvalue weighted by Gasteiger charge is -2.08. The minimum absolute atomic E-state index is 0.122. The van der Waals surface area contributed by atoms with E-state index in [9.17, 15) is 19.2 Å². The monoisotopic (exact) mass is 355 g/mol. The molecule has 2 rings (SSSR count). The van der Waals surface area contributed by atoms with Gasteiger partial charge in [-0.1, -0.05) is 12.1 Å². The Kier molecular flexibility index (Phi) is 6.21. The number of amides is 1. The lowest BCUT2D eigenvalue weighted by Crippen LogP contribution is -2.21. The molecule has 0 radical (unpaired) electrons. The van der Waals surface area contributed by atoms with E-state index in [2.05, 4.69) is 10.1 Å². The molecule has 134 valence electrons. The molecule has 2 aromatic carbocycles. The Morgan fingerprint density at radius 3 is 2.08 bits per heavy atom. The summed E-state index contributed by atoms with van der Waals surface area (Å²) in [5.74, 6) is -1.88. The molecule has 0 heterocycles. The number of hydrogen-bond acceptors (Lipinski definition) is 6. The van der Waals surface area contributed by atoms with E-state index in [4.69, 9.17) is 4.74 Å². The molecule has 0 aliphatic carbocycles. The van der Waals surface area contributed by atoms with Gasteiger partial charge < -0.3 is 14.8 Å². The van der Waals surface area contributed by atoms with Gasteiger partial charge in [0.1, 0.15) is 0 Å². The Labute approximate surface area is 149 Å². The number of ketones is 1. The summed E-state index contributed by atoms with van der Waals surface area (Å²) < 4.78 is 9.50. The maximum Gasteiger partial charge on any atom is 0.338 e. The summed E-state index contributed by atoms with van der Waals surface area (Å²) in [4.78, 5) is 46.5. The minimum atomic E-state index is -0.700. The Balaban J connectivity index is 1.90. The lowest BCUT2D eigenvalue weighted by molar-refractivity contribution is -0.119. The average molecular weight is 355 g/mol. The van der Waals surface area contributed by atoms with E-state index in [0.29, 0.717) is 16.8 Å². The first-order valence-electron chi connectivity index (χ1n) is 7.67. The maximum atomic E-state index is 11.9. The van der Waals surface area contributed by atoms with Crippen LogP contribution in [0.1, 0.15) is 38.0 Å². The highest BCUT2D eigenvalue weighted by Crippen LogP contribution is 2.11. The van der Waals surface area contributed by atoms with Crippen LogP contribution >= 0.6 is 0 Å². The SMILES string of the molecule is COC(=O)c1ccc(C(=O)OCC(=O)Nc2cccc(C(C)=O)c2)cc1. The second-order valence-electron chi connectivity index (χ2n) is 5.33. The summed E-state index contributed by atoms with van der Waals surface area (Å²) in [6.45, 7) is 0.941. The van der Waals surface area contributed by atoms with Gasteiger partial charge in [0, 0.05) is 11.3 Å². The van der Waals surface area contributed by atoms with E-state index in [1.54, 1.807) is 18.2 Å². The molecule has 2 aromatic rings. The van der Waals surface area contributed by atoms with E-state index in [1.807, 2.05) is 0 Å². The Bertz CT molecular complexity index is 841. The molecule has 7 nitrogen and oxygen atoms in total. The Morgan fingerprint density at radius 1 is 0.885 bits per heavy atom. The second kappa shape index (κ2) is 8.57. The zero-order valence-electron chi connectivity index (χ0n) is 14.3. The molecular weight excluding hydrogens is 338 g/mol. The number of hydrogen-bond donors (Lipinski definition) is 1. The number of benzene rings is 2. The van der Waals surface area contributed by atoms with Gasteiger partial charge in [0.2, 0.25) is 0 Å². The summed E-state index contributed by atoms with van der Waals surface area (Å²) in [7, 11) is 1.26. The topological polar surface area (TPSA) is 98.8 Å². The predicted molar refractivity (Wildman–Crippen MR) is 93.1 cm³/mol. The van der Waals surface area contributed by atoms with Crippen molar-refractivity contribution in [2.75, 3.05) is 19.0 Å². The van der Waals surface area contributed by atoms with Crippen LogP contribution in [0, 0.1) is 0 Å². The van der Waals surface area contributed by atoms with Crippen LogP contribution in [-0.4, -0.2) is 37.3 Å². The number of nitrogens with one attached hydrogen (secondary N) is 1. The molecule has 0 saturated carbocycles. The number of anilines is 1. The van der Waals surface area contributed by atoms with Gasteiger partial charge in [0.05, 0.1) is 18.2 Å². The van der Waals surface area contributed by atoms with Crippen LogP contribution in [0.3, 0.4) is 0 Å². The van der Waals surface area contributed by atoms with E-state index >= 15 is 0 Å². The third kappa shape index (κ3) is 5.01. The summed E-state index contributed by atoms with van der Waals surface area (Å²) >= 11 is 0. The third-order valence-corrected chi connectivity index (χ3v) is 3.43. The number of ether oxygens (including phenoxy) is 2. The van der Waals surface area contributed by atoms with Gasteiger partial charge in [-0.2, -0.15) is 0 Å². The number of methoxy groups -OCH3 is 1. The van der Waals surface area contributed by atoms with Crippen LogP contribution in [0.25, 0.3) is 0 Å². The van der Waals surface area contributed by atoms with E-state index in [0.717, 1.165) is 0 Å². The van der Waals surface area contributed by atoms with Crippen LogP contribution in [-0.2, 0) is 14.3 Å². The number of esters is 2. The standard InChI is InChI=1S/C19H17NO6/c1-12(21)15-4-3-5-16(10-15)20-17(22)11-26-19(24)14-8-6-13(7-9-14)18(23)25-2/h3-10H,11H2,1-2H3,(H,20,22). The van der Waals surface area contributed by atoms with E-state index in [1.165, 1.54) is 44.4 Å².